The fraction of sp³-hybridized carbons (Fsp3) is 0. The van der Waals surface area contributed by atoms with Gasteiger partial charge in [0.25, 0.3) is 0 Å². The first-order valence-corrected chi connectivity index (χ1v) is 5.65. The molecule has 5 nitrogen and oxygen atoms in total. The molecule has 0 fully saturated rings. The van der Waals surface area contributed by atoms with E-state index in [-0.39, 0.29) is 5.75 Å². The summed E-state index contributed by atoms with van der Waals surface area (Å²) in [6, 6.07) is 7.10. The van der Waals surface area contributed by atoms with Crippen molar-refractivity contribution in [1.82, 2.24) is 20.2 Å². The molecule has 6 heteroatoms. The minimum absolute atomic E-state index is 0.0848. The second kappa shape index (κ2) is 4.19. The second-order valence-electron chi connectivity index (χ2n) is 3.77. The summed E-state index contributed by atoms with van der Waals surface area (Å²) >= 11 is 5.82. The molecule has 0 bridgehead atoms. The minimum atomic E-state index is 0.0848. The highest BCUT2D eigenvalue weighted by atomic mass is 35.5. The third kappa shape index (κ3) is 1.74. The Labute approximate surface area is 107 Å². The fourth-order valence-electron chi connectivity index (χ4n) is 1.73. The molecule has 0 unspecified atom stereocenters. The number of nitrogens with one attached hydrogen (secondary N) is 2. The number of imidazole rings is 1. The Kier molecular flexibility index (Phi) is 2.53. The molecule has 18 heavy (non-hydrogen) atoms. The molecule has 1 aromatic carbocycles. The molecule has 0 aliphatic carbocycles. The number of nitrogens with zero attached hydrogens (tertiary/aromatic N) is 2. The first-order valence-electron chi connectivity index (χ1n) is 5.27. The van der Waals surface area contributed by atoms with Gasteiger partial charge < -0.3 is 10.1 Å². The molecular weight excluding hydrogens is 252 g/mol. The van der Waals surface area contributed by atoms with Gasteiger partial charge in [-0.1, -0.05) is 23.7 Å². The van der Waals surface area contributed by atoms with E-state index in [4.69, 9.17) is 11.6 Å². The number of benzene rings is 1. The Balaban J connectivity index is 2.07. The molecule has 2 aromatic heterocycles. The molecule has 0 radical (unpaired) electrons. The van der Waals surface area contributed by atoms with Gasteiger partial charge in [0.15, 0.2) is 5.75 Å². The second-order valence-corrected chi connectivity index (χ2v) is 4.20. The van der Waals surface area contributed by atoms with Gasteiger partial charge in [-0.3, -0.25) is 5.10 Å². The lowest BCUT2D eigenvalue weighted by atomic mass is 10.1. The van der Waals surface area contributed by atoms with Crippen molar-refractivity contribution in [2.24, 2.45) is 0 Å². The predicted octanol–water partition coefficient (Wildman–Crippen LogP) is 2.83. The van der Waals surface area contributed by atoms with Gasteiger partial charge in [-0.25, -0.2) is 4.98 Å². The van der Waals surface area contributed by atoms with Crippen molar-refractivity contribution >= 4 is 11.6 Å². The summed E-state index contributed by atoms with van der Waals surface area (Å²) in [5.41, 5.74) is 2.47. The van der Waals surface area contributed by atoms with E-state index in [1.54, 1.807) is 30.5 Å². The molecule has 0 saturated heterocycles. The van der Waals surface area contributed by atoms with E-state index in [2.05, 4.69) is 20.2 Å². The van der Waals surface area contributed by atoms with E-state index >= 15 is 0 Å². The highest BCUT2D eigenvalue weighted by Gasteiger charge is 2.15. The topological polar surface area (TPSA) is 77.6 Å². The number of hydrogen-bond acceptors (Lipinski definition) is 3. The van der Waals surface area contributed by atoms with Gasteiger partial charge >= 0.3 is 0 Å². The van der Waals surface area contributed by atoms with E-state index in [0.717, 1.165) is 5.56 Å². The van der Waals surface area contributed by atoms with E-state index < -0.39 is 0 Å². The van der Waals surface area contributed by atoms with Crippen molar-refractivity contribution < 1.29 is 5.11 Å². The monoisotopic (exact) mass is 260 g/mol. The minimum Gasteiger partial charge on any atom is -0.504 e. The summed E-state index contributed by atoms with van der Waals surface area (Å²) in [5, 5.41) is 17.7. The molecule has 90 valence electrons. The summed E-state index contributed by atoms with van der Waals surface area (Å²) in [4.78, 5) is 6.81. The maximum Gasteiger partial charge on any atom is 0.171 e. The van der Waals surface area contributed by atoms with Gasteiger partial charge in [-0.05, 0) is 12.1 Å². The quantitative estimate of drug-likeness (QED) is 0.663. The molecule has 3 N–H and O–H groups in total. The van der Waals surface area contributed by atoms with Crippen LogP contribution in [0.2, 0.25) is 5.02 Å². The zero-order valence-corrected chi connectivity index (χ0v) is 9.94. The average molecular weight is 261 g/mol. The first-order chi connectivity index (χ1) is 8.75. The number of aromatic hydroxyl groups is 1. The van der Waals surface area contributed by atoms with Gasteiger partial charge in [-0.2, -0.15) is 5.10 Å². The van der Waals surface area contributed by atoms with Crippen LogP contribution >= 0.6 is 11.6 Å². The number of hydrogen-bond donors (Lipinski definition) is 3. The van der Waals surface area contributed by atoms with Crippen LogP contribution < -0.4 is 0 Å². The molecule has 0 aliphatic rings. The van der Waals surface area contributed by atoms with Crippen molar-refractivity contribution in [2.75, 3.05) is 0 Å². The highest BCUT2D eigenvalue weighted by Crippen LogP contribution is 2.35. The van der Waals surface area contributed by atoms with E-state index in [1.807, 2.05) is 0 Å². The van der Waals surface area contributed by atoms with E-state index in [0.29, 0.717) is 22.1 Å². The lowest BCUT2D eigenvalue weighted by molar-refractivity contribution is 0.479. The van der Waals surface area contributed by atoms with Gasteiger partial charge in [0.1, 0.15) is 11.4 Å². The van der Waals surface area contributed by atoms with E-state index in [1.165, 1.54) is 6.33 Å². The molecular formula is C12H9ClN4O. The summed E-state index contributed by atoms with van der Waals surface area (Å²) in [7, 11) is 0. The standard InChI is InChI=1S/C12H9ClN4O/c13-8-3-1-7(2-4-8)10-12(18)11(17-16-10)9-5-14-6-15-9/h1-6,18H,(H,14,15)(H,16,17). The van der Waals surface area contributed by atoms with Crippen LogP contribution in [0.3, 0.4) is 0 Å². The van der Waals surface area contributed by atoms with E-state index in [9.17, 15) is 5.11 Å². The Bertz CT molecular complexity index is 658. The Morgan fingerprint density at radius 1 is 1.17 bits per heavy atom. The molecule has 0 atom stereocenters. The van der Waals surface area contributed by atoms with Crippen LogP contribution in [0.1, 0.15) is 0 Å². The average Bonchev–Trinajstić information content (AvgIpc) is 2.99. The van der Waals surface area contributed by atoms with Gasteiger partial charge in [0.05, 0.1) is 18.2 Å². The highest BCUT2D eigenvalue weighted by molar-refractivity contribution is 6.30. The lowest BCUT2D eigenvalue weighted by Gasteiger charge is -1.98. The lowest BCUT2D eigenvalue weighted by Crippen LogP contribution is -1.77. The van der Waals surface area contributed by atoms with Gasteiger partial charge in [-0.15, -0.1) is 0 Å². The zero-order chi connectivity index (χ0) is 12.5. The zero-order valence-electron chi connectivity index (χ0n) is 9.18. The van der Waals surface area contributed by atoms with Crippen molar-refractivity contribution in [2.45, 2.75) is 0 Å². The molecule has 2 heterocycles. The summed E-state index contributed by atoms with van der Waals surface area (Å²) in [5.74, 6) is 0.0848. The maximum atomic E-state index is 10.1. The first kappa shape index (κ1) is 10.9. The summed E-state index contributed by atoms with van der Waals surface area (Å²) < 4.78 is 0. The number of aromatic nitrogens is 4. The fourth-order valence-corrected chi connectivity index (χ4v) is 1.85. The van der Waals surface area contributed by atoms with Crippen molar-refractivity contribution in [3.8, 4) is 28.4 Å². The number of rotatable bonds is 2. The predicted molar refractivity (Wildman–Crippen MR) is 68.3 cm³/mol. The summed E-state index contributed by atoms with van der Waals surface area (Å²) in [6.45, 7) is 0. The van der Waals surface area contributed by atoms with Crippen LogP contribution in [0.25, 0.3) is 22.6 Å². The maximum absolute atomic E-state index is 10.1. The third-order valence-electron chi connectivity index (χ3n) is 2.63. The Morgan fingerprint density at radius 3 is 2.61 bits per heavy atom. The summed E-state index contributed by atoms with van der Waals surface area (Å²) in [6.07, 6.45) is 3.15. The van der Waals surface area contributed by atoms with Crippen molar-refractivity contribution in [1.29, 1.82) is 0 Å². The van der Waals surface area contributed by atoms with Crippen molar-refractivity contribution in [3.05, 3.63) is 41.8 Å². The molecule has 0 saturated carbocycles. The Hall–Kier alpha value is -2.27. The van der Waals surface area contributed by atoms with Gasteiger partial charge in [0, 0.05) is 10.6 Å². The normalized spacial score (nSPS) is 10.7. The van der Waals surface area contributed by atoms with Crippen LogP contribution in [-0.2, 0) is 0 Å². The molecule has 3 rings (SSSR count). The van der Waals surface area contributed by atoms with Crippen LogP contribution in [0, 0.1) is 0 Å². The SMILES string of the molecule is Oc1c(-c2ccc(Cl)cc2)n[nH]c1-c1cnc[nH]1. The molecule has 0 aliphatic heterocycles. The van der Waals surface area contributed by atoms with Crippen LogP contribution in [0.15, 0.2) is 36.8 Å². The molecule has 0 amide bonds. The third-order valence-corrected chi connectivity index (χ3v) is 2.88. The number of halogens is 1. The van der Waals surface area contributed by atoms with Crippen molar-refractivity contribution in [3.63, 3.8) is 0 Å². The number of H-pyrrole nitrogens is 2. The smallest absolute Gasteiger partial charge is 0.171 e. The van der Waals surface area contributed by atoms with Crippen LogP contribution in [0.5, 0.6) is 5.75 Å². The number of aromatic amines is 2. The van der Waals surface area contributed by atoms with Gasteiger partial charge in [0.2, 0.25) is 0 Å². The molecule has 3 aromatic rings. The molecule has 0 spiro atoms. The van der Waals surface area contributed by atoms with Crippen LogP contribution in [0.4, 0.5) is 0 Å². The largest absolute Gasteiger partial charge is 0.504 e. The van der Waals surface area contributed by atoms with Crippen LogP contribution in [-0.4, -0.2) is 25.3 Å². The Morgan fingerprint density at radius 2 is 1.94 bits per heavy atom.